The Morgan fingerprint density at radius 3 is 2.74 bits per heavy atom. The van der Waals surface area contributed by atoms with E-state index in [0.29, 0.717) is 5.56 Å². The fourth-order valence-corrected chi connectivity index (χ4v) is 2.26. The van der Waals surface area contributed by atoms with Gasteiger partial charge < -0.3 is 5.73 Å². The van der Waals surface area contributed by atoms with E-state index in [4.69, 9.17) is 5.73 Å². The second-order valence-electron chi connectivity index (χ2n) is 3.69. The van der Waals surface area contributed by atoms with Crippen LogP contribution in [-0.4, -0.2) is 20.4 Å². The molecule has 5 nitrogen and oxygen atoms in total. The third-order valence-corrected chi connectivity index (χ3v) is 3.22. The Bertz CT molecular complexity index is 711. The standard InChI is InChI=1S/C12H9FN4OS/c1-19(18)11-9(6-14)10(16-12(15)17-11)7-3-2-4-8(13)5-7/h2-5H,1H3,(H2,15,16,17). The topological polar surface area (TPSA) is 92.7 Å². The van der Waals surface area contributed by atoms with Crippen LogP contribution in [0.3, 0.4) is 0 Å². The number of anilines is 1. The Balaban J connectivity index is 2.77. The van der Waals surface area contributed by atoms with Crippen LogP contribution in [0.5, 0.6) is 0 Å². The first-order valence-corrected chi connectivity index (χ1v) is 6.75. The van der Waals surface area contributed by atoms with Gasteiger partial charge in [-0.25, -0.2) is 14.4 Å². The molecule has 1 heterocycles. The number of rotatable bonds is 2. The summed E-state index contributed by atoms with van der Waals surface area (Å²) >= 11 is 0. The van der Waals surface area contributed by atoms with Crippen molar-refractivity contribution in [2.24, 2.45) is 0 Å². The molecule has 0 aliphatic carbocycles. The molecule has 0 spiro atoms. The molecule has 0 radical (unpaired) electrons. The molecule has 96 valence electrons. The summed E-state index contributed by atoms with van der Waals surface area (Å²) in [5, 5.41) is 9.22. The Hall–Kier alpha value is -2.33. The van der Waals surface area contributed by atoms with E-state index in [0.717, 1.165) is 0 Å². The first-order valence-electron chi connectivity index (χ1n) is 5.20. The summed E-state index contributed by atoms with van der Waals surface area (Å²) in [5.41, 5.74) is 6.15. The van der Waals surface area contributed by atoms with E-state index in [1.165, 1.54) is 24.5 Å². The molecule has 0 aliphatic rings. The fourth-order valence-electron chi connectivity index (χ4n) is 1.61. The van der Waals surface area contributed by atoms with E-state index < -0.39 is 16.6 Å². The molecule has 2 rings (SSSR count). The lowest BCUT2D eigenvalue weighted by Gasteiger charge is -2.07. The van der Waals surface area contributed by atoms with Crippen molar-refractivity contribution in [1.29, 1.82) is 5.26 Å². The second kappa shape index (κ2) is 5.12. The summed E-state index contributed by atoms with van der Waals surface area (Å²) in [6.45, 7) is 0. The first-order chi connectivity index (χ1) is 9.02. The molecule has 0 fully saturated rings. The van der Waals surface area contributed by atoms with Crippen molar-refractivity contribution >= 4 is 16.7 Å². The lowest BCUT2D eigenvalue weighted by atomic mass is 10.1. The van der Waals surface area contributed by atoms with Crippen molar-refractivity contribution in [3.05, 3.63) is 35.6 Å². The van der Waals surface area contributed by atoms with E-state index >= 15 is 0 Å². The number of nitrogen functional groups attached to an aromatic ring is 1. The predicted octanol–water partition coefficient (Wildman–Crippen LogP) is 1.47. The van der Waals surface area contributed by atoms with Crippen molar-refractivity contribution in [2.45, 2.75) is 5.03 Å². The van der Waals surface area contributed by atoms with Crippen molar-refractivity contribution in [3.8, 4) is 17.3 Å². The predicted molar refractivity (Wildman–Crippen MR) is 68.9 cm³/mol. The summed E-state index contributed by atoms with van der Waals surface area (Å²) in [5.74, 6) is -0.568. The van der Waals surface area contributed by atoms with Crippen molar-refractivity contribution < 1.29 is 8.60 Å². The Kier molecular flexibility index (Phi) is 3.53. The summed E-state index contributed by atoms with van der Waals surface area (Å²) in [7, 11) is -1.49. The number of nitriles is 1. The largest absolute Gasteiger partial charge is 0.368 e. The van der Waals surface area contributed by atoms with Gasteiger partial charge in [-0.1, -0.05) is 12.1 Å². The lowest BCUT2D eigenvalue weighted by molar-refractivity contribution is 0.628. The minimum Gasteiger partial charge on any atom is -0.368 e. The van der Waals surface area contributed by atoms with Gasteiger partial charge in [0, 0.05) is 11.8 Å². The SMILES string of the molecule is CS(=O)c1nc(N)nc(-c2cccc(F)c2)c1C#N. The molecule has 0 bridgehead atoms. The van der Waals surface area contributed by atoms with Crippen molar-refractivity contribution in [1.82, 2.24) is 9.97 Å². The lowest BCUT2D eigenvalue weighted by Crippen LogP contribution is -2.06. The third-order valence-electron chi connectivity index (χ3n) is 2.38. The molecular weight excluding hydrogens is 267 g/mol. The van der Waals surface area contributed by atoms with Crippen LogP contribution in [0.2, 0.25) is 0 Å². The van der Waals surface area contributed by atoms with Gasteiger partial charge in [-0.2, -0.15) is 5.26 Å². The highest BCUT2D eigenvalue weighted by Crippen LogP contribution is 2.25. The summed E-state index contributed by atoms with van der Waals surface area (Å²) in [6, 6.07) is 7.48. The van der Waals surface area contributed by atoms with Crippen LogP contribution in [0.4, 0.5) is 10.3 Å². The number of halogens is 1. The van der Waals surface area contributed by atoms with Gasteiger partial charge in [0.25, 0.3) is 0 Å². The van der Waals surface area contributed by atoms with Gasteiger partial charge in [0.05, 0.1) is 16.5 Å². The molecule has 19 heavy (non-hydrogen) atoms. The number of nitrogens with two attached hydrogens (primary N) is 1. The summed E-state index contributed by atoms with van der Waals surface area (Å²) in [4.78, 5) is 7.74. The maximum absolute atomic E-state index is 13.2. The maximum atomic E-state index is 13.2. The zero-order chi connectivity index (χ0) is 14.0. The number of benzene rings is 1. The molecule has 7 heteroatoms. The number of hydrogen-bond donors (Lipinski definition) is 1. The molecule has 1 aromatic heterocycles. The molecule has 0 saturated heterocycles. The van der Waals surface area contributed by atoms with Gasteiger partial charge >= 0.3 is 0 Å². The molecule has 0 saturated carbocycles. The number of aromatic nitrogens is 2. The first kappa shape index (κ1) is 13.1. The van der Waals surface area contributed by atoms with Crippen LogP contribution < -0.4 is 5.73 Å². The van der Waals surface area contributed by atoms with Gasteiger partial charge in [-0.3, -0.25) is 4.21 Å². The monoisotopic (exact) mass is 276 g/mol. The van der Waals surface area contributed by atoms with Gasteiger partial charge in [-0.15, -0.1) is 0 Å². The number of hydrogen-bond acceptors (Lipinski definition) is 5. The van der Waals surface area contributed by atoms with E-state index in [2.05, 4.69) is 9.97 Å². The summed E-state index contributed by atoms with van der Waals surface area (Å²) < 4.78 is 24.8. The quantitative estimate of drug-likeness (QED) is 0.838. The van der Waals surface area contributed by atoms with Gasteiger partial charge in [-0.05, 0) is 12.1 Å². The molecular formula is C12H9FN4OS. The Morgan fingerprint density at radius 1 is 1.42 bits per heavy atom. The smallest absolute Gasteiger partial charge is 0.221 e. The minimum absolute atomic E-state index is 0.0423. The summed E-state index contributed by atoms with van der Waals surface area (Å²) in [6.07, 6.45) is 1.39. The molecule has 0 amide bonds. The van der Waals surface area contributed by atoms with Gasteiger partial charge in [0.1, 0.15) is 17.4 Å². The van der Waals surface area contributed by atoms with Crippen LogP contribution in [0, 0.1) is 17.1 Å². The fraction of sp³-hybridized carbons (Fsp3) is 0.0833. The zero-order valence-corrected chi connectivity index (χ0v) is 10.7. The Morgan fingerprint density at radius 2 is 2.16 bits per heavy atom. The highest BCUT2D eigenvalue weighted by molar-refractivity contribution is 7.84. The Labute approximate surface area is 111 Å². The number of nitrogens with zero attached hydrogens (tertiary/aromatic N) is 3. The van der Waals surface area contributed by atoms with Gasteiger partial charge in [0.15, 0.2) is 5.03 Å². The maximum Gasteiger partial charge on any atom is 0.221 e. The van der Waals surface area contributed by atoms with Crippen LogP contribution in [0.15, 0.2) is 29.3 Å². The minimum atomic E-state index is -1.49. The molecule has 1 aromatic carbocycles. The van der Waals surface area contributed by atoms with E-state index in [1.807, 2.05) is 6.07 Å². The second-order valence-corrected chi connectivity index (χ2v) is 4.98. The average Bonchev–Trinajstić information content (AvgIpc) is 2.37. The van der Waals surface area contributed by atoms with Crippen LogP contribution >= 0.6 is 0 Å². The van der Waals surface area contributed by atoms with Crippen molar-refractivity contribution in [3.63, 3.8) is 0 Å². The molecule has 0 aliphatic heterocycles. The van der Waals surface area contributed by atoms with E-state index in [-0.39, 0.29) is 22.2 Å². The normalized spacial score (nSPS) is 11.8. The van der Waals surface area contributed by atoms with Crippen LogP contribution in [0.25, 0.3) is 11.3 Å². The molecule has 2 N–H and O–H groups in total. The van der Waals surface area contributed by atoms with E-state index in [9.17, 15) is 13.9 Å². The van der Waals surface area contributed by atoms with Gasteiger partial charge in [0.2, 0.25) is 5.95 Å². The zero-order valence-electron chi connectivity index (χ0n) is 9.92. The molecule has 1 unspecified atom stereocenters. The highest BCUT2D eigenvalue weighted by atomic mass is 32.2. The molecule has 2 aromatic rings. The van der Waals surface area contributed by atoms with E-state index in [1.54, 1.807) is 6.07 Å². The van der Waals surface area contributed by atoms with Crippen LogP contribution in [-0.2, 0) is 10.8 Å². The average molecular weight is 276 g/mol. The molecule has 1 atom stereocenters. The highest BCUT2D eigenvalue weighted by Gasteiger charge is 2.17. The third kappa shape index (κ3) is 2.58. The van der Waals surface area contributed by atoms with Crippen molar-refractivity contribution in [2.75, 3.05) is 12.0 Å². The van der Waals surface area contributed by atoms with Crippen LogP contribution in [0.1, 0.15) is 5.56 Å².